The first-order chi connectivity index (χ1) is 14.4. The summed E-state index contributed by atoms with van der Waals surface area (Å²) in [5.74, 6) is 1.10. The lowest BCUT2D eigenvalue weighted by molar-refractivity contribution is -0.384. The number of hydrogen-bond acceptors (Lipinski definition) is 5. The Morgan fingerprint density at radius 2 is 1.83 bits per heavy atom. The van der Waals surface area contributed by atoms with Gasteiger partial charge in [0, 0.05) is 43.5 Å². The second-order valence-corrected chi connectivity index (χ2v) is 7.95. The number of rotatable bonds is 4. The number of anilines is 1. The Hall–Kier alpha value is -2.90. The van der Waals surface area contributed by atoms with Gasteiger partial charge in [-0.05, 0) is 42.8 Å². The summed E-state index contributed by atoms with van der Waals surface area (Å²) < 4.78 is 5.93. The summed E-state index contributed by atoms with van der Waals surface area (Å²) in [5.41, 5.74) is 2.96. The van der Waals surface area contributed by atoms with Crippen molar-refractivity contribution in [1.82, 2.24) is 4.90 Å². The van der Waals surface area contributed by atoms with E-state index in [1.165, 1.54) is 23.4 Å². The molecule has 0 saturated carbocycles. The van der Waals surface area contributed by atoms with Crippen molar-refractivity contribution in [3.05, 3.63) is 81.1 Å². The molecule has 0 aliphatic carbocycles. The average Bonchev–Trinajstić information content (AvgIpc) is 3.24. The Morgan fingerprint density at radius 1 is 1.10 bits per heavy atom. The van der Waals surface area contributed by atoms with Crippen molar-refractivity contribution < 1.29 is 9.34 Å². The summed E-state index contributed by atoms with van der Waals surface area (Å²) in [4.78, 5) is 15.8. The number of thiocarbonyl (C=S) groups is 1. The second kappa shape index (κ2) is 8.45. The SMILES string of the molecule is Cc1ccccc1N1CCN(C(=S)c2ccc(-c3ccc(Cl)c([N+](=O)[O-])c3)o2)CC1. The highest BCUT2D eigenvalue weighted by Gasteiger charge is 2.23. The van der Waals surface area contributed by atoms with Crippen molar-refractivity contribution in [1.29, 1.82) is 0 Å². The molecule has 0 bridgehead atoms. The highest BCUT2D eigenvalue weighted by molar-refractivity contribution is 7.80. The number of halogens is 1. The fourth-order valence-electron chi connectivity index (χ4n) is 3.64. The normalized spacial score (nSPS) is 14.1. The van der Waals surface area contributed by atoms with Gasteiger partial charge in [-0.3, -0.25) is 10.1 Å². The molecule has 0 spiro atoms. The lowest BCUT2D eigenvalue weighted by Crippen LogP contribution is -2.48. The molecule has 2 heterocycles. The third-order valence-electron chi connectivity index (χ3n) is 5.27. The van der Waals surface area contributed by atoms with Crippen molar-refractivity contribution >= 4 is 40.2 Å². The maximum absolute atomic E-state index is 11.1. The van der Waals surface area contributed by atoms with Gasteiger partial charge in [0.15, 0.2) is 5.76 Å². The van der Waals surface area contributed by atoms with Crippen LogP contribution in [0.25, 0.3) is 11.3 Å². The zero-order valence-electron chi connectivity index (χ0n) is 16.4. The van der Waals surface area contributed by atoms with Gasteiger partial charge in [0.05, 0.1) is 4.92 Å². The molecular formula is C22H20ClN3O3S. The van der Waals surface area contributed by atoms with Crippen molar-refractivity contribution in [3.8, 4) is 11.3 Å². The van der Waals surface area contributed by atoms with Gasteiger partial charge in [0.1, 0.15) is 15.8 Å². The average molecular weight is 442 g/mol. The van der Waals surface area contributed by atoms with E-state index in [9.17, 15) is 10.1 Å². The van der Waals surface area contributed by atoms with Crippen molar-refractivity contribution in [3.63, 3.8) is 0 Å². The van der Waals surface area contributed by atoms with Crippen LogP contribution in [0.4, 0.5) is 11.4 Å². The maximum Gasteiger partial charge on any atom is 0.288 e. The van der Waals surface area contributed by atoms with Gasteiger partial charge in [-0.15, -0.1) is 0 Å². The zero-order valence-corrected chi connectivity index (χ0v) is 17.9. The van der Waals surface area contributed by atoms with Crippen LogP contribution < -0.4 is 4.90 Å². The molecule has 0 N–H and O–H groups in total. The molecule has 1 fully saturated rings. The van der Waals surface area contributed by atoms with E-state index < -0.39 is 4.92 Å². The van der Waals surface area contributed by atoms with Gasteiger partial charge in [-0.1, -0.05) is 42.0 Å². The number of hydrogen-bond donors (Lipinski definition) is 0. The van der Waals surface area contributed by atoms with Gasteiger partial charge in [0.2, 0.25) is 0 Å². The highest BCUT2D eigenvalue weighted by Crippen LogP contribution is 2.31. The van der Waals surface area contributed by atoms with Crippen LogP contribution in [0.15, 0.2) is 59.0 Å². The minimum absolute atomic E-state index is 0.0950. The van der Waals surface area contributed by atoms with Crippen LogP contribution in [-0.2, 0) is 0 Å². The molecular weight excluding hydrogens is 422 g/mol. The van der Waals surface area contributed by atoms with Crippen LogP contribution in [-0.4, -0.2) is 41.0 Å². The standard InChI is InChI=1S/C22H20ClN3O3S/c1-15-4-2-3-5-18(15)24-10-12-25(13-11-24)22(30)21-9-8-20(29-21)16-6-7-17(23)19(14-16)26(27)28/h2-9,14H,10-13H2,1H3. The molecule has 6 nitrogen and oxygen atoms in total. The van der Waals surface area contributed by atoms with E-state index in [4.69, 9.17) is 28.2 Å². The molecule has 0 radical (unpaired) electrons. The van der Waals surface area contributed by atoms with Gasteiger partial charge in [0.25, 0.3) is 5.69 Å². The summed E-state index contributed by atoms with van der Waals surface area (Å²) in [5, 5.41) is 11.2. The molecule has 1 aromatic heterocycles. The first-order valence-corrected chi connectivity index (χ1v) is 10.4. The van der Waals surface area contributed by atoms with E-state index in [1.807, 2.05) is 12.1 Å². The number of nitrogens with zero attached hydrogens (tertiary/aromatic N) is 3. The monoisotopic (exact) mass is 441 g/mol. The lowest BCUT2D eigenvalue weighted by Gasteiger charge is -2.37. The van der Waals surface area contributed by atoms with Crippen LogP contribution >= 0.6 is 23.8 Å². The maximum atomic E-state index is 11.1. The molecule has 0 unspecified atom stereocenters. The Morgan fingerprint density at radius 3 is 2.53 bits per heavy atom. The quantitative estimate of drug-likeness (QED) is 0.310. The molecule has 30 heavy (non-hydrogen) atoms. The third kappa shape index (κ3) is 4.04. The smallest absolute Gasteiger partial charge is 0.288 e. The van der Waals surface area contributed by atoms with Crippen LogP contribution in [0.3, 0.4) is 0 Å². The fourth-order valence-corrected chi connectivity index (χ4v) is 4.12. The van der Waals surface area contributed by atoms with Gasteiger partial charge in [-0.25, -0.2) is 0 Å². The predicted molar refractivity (Wildman–Crippen MR) is 122 cm³/mol. The Kier molecular flexibility index (Phi) is 5.74. The molecule has 2 aromatic carbocycles. The van der Waals surface area contributed by atoms with Crippen molar-refractivity contribution in [2.45, 2.75) is 6.92 Å². The third-order valence-corrected chi connectivity index (χ3v) is 6.05. The van der Waals surface area contributed by atoms with Gasteiger partial charge >= 0.3 is 0 Å². The van der Waals surface area contributed by atoms with E-state index in [-0.39, 0.29) is 10.7 Å². The number of furan rings is 1. The lowest BCUT2D eigenvalue weighted by atomic mass is 10.1. The minimum atomic E-state index is -0.506. The van der Waals surface area contributed by atoms with Gasteiger partial charge in [-0.2, -0.15) is 0 Å². The number of aryl methyl sites for hydroxylation is 1. The second-order valence-electron chi connectivity index (χ2n) is 7.15. The Labute approximate surface area is 184 Å². The minimum Gasteiger partial charge on any atom is -0.454 e. The number of para-hydroxylation sites is 1. The summed E-state index contributed by atoms with van der Waals surface area (Å²) in [6, 6.07) is 16.6. The number of nitro benzene ring substituents is 1. The molecule has 1 aliphatic rings. The summed E-state index contributed by atoms with van der Waals surface area (Å²) in [7, 11) is 0. The molecule has 4 rings (SSSR count). The first-order valence-electron chi connectivity index (χ1n) is 9.58. The number of benzene rings is 2. The van der Waals surface area contributed by atoms with Crippen LogP contribution in [0.5, 0.6) is 0 Å². The summed E-state index contributed by atoms with van der Waals surface area (Å²) in [6.45, 7) is 5.48. The topological polar surface area (TPSA) is 62.8 Å². The van der Waals surface area contributed by atoms with E-state index in [2.05, 4.69) is 34.9 Å². The fraction of sp³-hybridized carbons (Fsp3) is 0.227. The summed E-state index contributed by atoms with van der Waals surface area (Å²) in [6.07, 6.45) is 0. The van der Waals surface area contributed by atoms with Crippen molar-refractivity contribution in [2.24, 2.45) is 0 Å². The Balaban J connectivity index is 1.46. The molecule has 154 valence electrons. The molecule has 1 aliphatic heterocycles. The molecule has 0 atom stereocenters. The van der Waals surface area contributed by atoms with E-state index >= 15 is 0 Å². The van der Waals surface area contributed by atoms with E-state index in [1.54, 1.807) is 12.1 Å². The molecule has 0 amide bonds. The summed E-state index contributed by atoms with van der Waals surface area (Å²) >= 11 is 11.6. The molecule has 3 aromatic rings. The number of piperazine rings is 1. The van der Waals surface area contributed by atoms with E-state index in [0.717, 1.165) is 26.2 Å². The van der Waals surface area contributed by atoms with Crippen LogP contribution in [0.2, 0.25) is 5.02 Å². The van der Waals surface area contributed by atoms with Gasteiger partial charge < -0.3 is 14.2 Å². The first kappa shape index (κ1) is 20.4. The molecule has 8 heteroatoms. The predicted octanol–water partition coefficient (Wildman–Crippen LogP) is 5.31. The Bertz CT molecular complexity index is 1110. The van der Waals surface area contributed by atoms with Crippen molar-refractivity contribution in [2.75, 3.05) is 31.1 Å². The largest absolute Gasteiger partial charge is 0.454 e. The van der Waals surface area contributed by atoms with E-state index in [0.29, 0.717) is 22.1 Å². The zero-order chi connectivity index (χ0) is 21.3. The van der Waals surface area contributed by atoms with Crippen LogP contribution in [0, 0.1) is 17.0 Å². The number of nitro groups is 1. The molecule has 1 saturated heterocycles. The highest BCUT2D eigenvalue weighted by atomic mass is 35.5. The van der Waals surface area contributed by atoms with Crippen LogP contribution in [0.1, 0.15) is 11.3 Å².